The molecule has 0 aliphatic carbocycles. The molecule has 0 spiro atoms. The summed E-state index contributed by atoms with van der Waals surface area (Å²) in [5.41, 5.74) is 2.86. The van der Waals surface area contributed by atoms with Gasteiger partial charge in [0, 0.05) is 74.2 Å². The van der Waals surface area contributed by atoms with Gasteiger partial charge in [-0.1, -0.05) is 0 Å². The molecule has 2 aromatic carbocycles. The third kappa shape index (κ3) is 6.86. The number of piperazine rings is 1. The molecule has 206 valence electrons. The zero-order chi connectivity index (χ0) is 27.2. The van der Waals surface area contributed by atoms with Gasteiger partial charge in [0.2, 0.25) is 0 Å². The van der Waals surface area contributed by atoms with Crippen LogP contribution in [0.4, 0.5) is 21.9 Å². The van der Waals surface area contributed by atoms with Crippen molar-refractivity contribution in [3.8, 4) is 0 Å². The minimum atomic E-state index is -0.354. The summed E-state index contributed by atoms with van der Waals surface area (Å²) in [5, 5.41) is 6.80. The monoisotopic (exact) mass is 550 g/mol. The van der Waals surface area contributed by atoms with Gasteiger partial charge in [0.1, 0.15) is 5.76 Å². The standard InChI is InChI=1S/C28H34N6O4S/c1-31-11-13-33(14-12-31)27(35)21-3-5-22(6-4-21)29-28(36)30-23-7-9-24(10-8-23)34-20-25(37-2)19-26(39-34)32-15-17-38-18-16-32/h3-10,19-20H,11-18H2,1-2H3,(H2,29,30,36). The maximum absolute atomic E-state index is 12.7. The predicted molar refractivity (Wildman–Crippen MR) is 155 cm³/mol. The topological polar surface area (TPSA) is 89.6 Å². The maximum Gasteiger partial charge on any atom is 0.323 e. The number of amides is 3. The zero-order valence-corrected chi connectivity index (χ0v) is 23.1. The van der Waals surface area contributed by atoms with Crippen LogP contribution in [0.15, 0.2) is 71.6 Å². The van der Waals surface area contributed by atoms with E-state index < -0.39 is 0 Å². The molecule has 3 heterocycles. The lowest BCUT2D eigenvalue weighted by Crippen LogP contribution is -2.47. The lowest BCUT2D eigenvalue weighted by Gasteiger charge is -2.34. The summed E-state index contributed by atoms with van der Waals surface area (Å²) < 4.78 is 13.1. The van der Waals surface area contributed by atoms with Crippen LogP contribution >= 0.6 is 11.9 Å². The SMILES string of the molecule is COC1=CN(c2ccc(NC(=O)Nc3ccc(C(=O)N4CCN(C)CC4)cc3)cc2)SC(N2CCOCC2)=C1. The molecular formula is C28H34N6O4S. The van der Waals surface area contributed by atoms with E-state index in [0.29, 0.717) is 30.2 Å². The average molecular weight is 551 g/mol. The van der Waals surface area contributed by atoms with Crippen molar-refractivity contribution in [2.75, 3.05) is 81.6 Å². The molecule has 5 rings (SSSR count). The summed E-state index contributed by atoms with van der Waals surface area (Å²) in [5.74, 6) is 0.791. The molecule has 0 unspecified atom stereocenters. The van der Waals surface area contributed by atoms with Gasteiger partial charge >= 0.3 is 6.03 Å². The first-order valence-electron chi connectivity index (χ1n) is 13.0. The minimum absolute atomic E-state index is 0.0195. The highest BCUT2D eigenvalue weighted by atomic mass is 32.2. The Kier molecular flexibility index (Phi) is 8.60. The first kappa shape index (κ1) is 26.9. The van der Waals surface area contributed by atoms with Gasteiger partial charge in [-0.05, 0) is 55.6 Å². The number of anilines is 3. The molecule has 3 aliphatic heterocycles. The van der Waals surface area contributed by atoms with Gasteiger partial charge in [0.15, 0.2) is 0 Å². The Bertz CT molecular complexity index is 1220. The molecule has 2 saturated heterocycles. The summed E-state index contributed by atoms with van der Waals surface area (Å²) in [7, 11) is 3.72. The average Bonchev–Trinajstić information content (AvgIpc) is 2.98. The Morgan fingerprint density at radius 2 is 1.49 bits per heavy atom. The highest BCUT2D eigenvalue weighted by Crippen LogP contribution is 2.36. The number of carbonyl (C=O) groups excluding carboxylic acids is 2. The quantitative estimate of drug-likeness (QED) is 0.525. The van der Waals surface area contributed by atoms with E-state index in [1.807, 2.05) is 41.4 Å². The summed E-state index contributed by atoms with van der Waals surface area (Å²) >= 11 is 1.62. The van der Waals surface area contributed by atoms with Gasteiger partial charge in [-0.2, -0.15) is 0 Å². The normalized spacial score (nSPS) is 18.3. The van der Waals surface area contributed by atoms with E-state index in [0.717, 1.165) is 55.7 Å². The molecule has 11 heteroatoms. The van der Waals surface area contributed by atoms with Crippen LogP contribution in [-0.4, -0.2) is 93.3 Å². The highest BCUT2D eigenvalue weighted by Gasteiger charge is 2.23. The summed E-state index contributed by atoms with van der Waals surface area (Å²) in [6.45, 7) is 6.32. The van der Waals surface area contributed by atoms with Gasteiger partial charge in [-0.25, -0.2) is 4.79 Å². The van der Waals surface area contributed by atoms with Crippen molar-refractivity contribution in [1.29, 1.82) is 0 Å². The van der Waals surface area contributed by atoms with Crippen LogP contribution in [0.3, 0.4) is 0 Å². The number of methoxy groups -OCH3 is 1. The van der Waals surface area contributed by atoms with E-state index in [-0.39, 0.29) is 11.9 Å². The third-order valence-corrected chi connectivity index (χ3v) is 7.90. The molecule has 0 saturated carbocycles. The summed E-state index contributed by atoms with van der Waals surface area (Å²) in [6, 6.07) is 14.3. The van der Waals surface area contributed by atoms with E-state index in [9.17, 15) is 9.59 Å². The smallest absolute Gasteiger partial charge is 0.323 e. The van der Waals surface area contributed by atoms with Gasteiger partial charge < -0.3 is 34.8 Å². The largest absolute Gasteiger partial charge is 0.495 e. The number of hydrogen-bond donors (Lipinski definition) is 2. The number of nitrogens with one attached hydrogen (secondary N) is 2. The number of urea groups is 1. The molecule has 3 aliphatic rings. The molecule has 2 aromatic rings. The van der Waals surface area contributed by atoms with Crippen molar-refractivity contribution in [2.45, 2.75) is 0 Å². The Hall–Kier alpha value is -3.67. The highest BCUT2D eigenvalue weighted by molar-refractivity contribution is 8.04. The second kappa shape index (κ2) is 12.5. The number of nitrogens with zero attached hydrogens (tertiary/aromatic N) is 4. The number of hydrogen-bond acceptors (Lipinski definition) is 8. The fourth-order valence-electron chi connectivity index (χ4n) is 4.47. The van der Waals surface area contributed by atoms with Gasteiger partial charge in [0.25, 0.3) is 5.91 Å². The number of benzene rings is 2. The fourth-order valence-corrected chi connectivity index (χ4v) is 5.53. The molecule has 2 fully saturated rings. The van der Waals surface area contributed by atoms with E-state index in [4.69, 9.17) is 9.47 Å². The van der Waals surface area contributed by atoms with Crippen molar-refractivity contribution in [2.24, 2.45) is 0 Å². The number of likely N-dealkylation sites (N-methyl/N-ethyl adjacent to an activating group) is 1. The van der Waals surface area contributed by atoms with Crippen molar-refractivity contribution >= 4 is 40.9 Å². The Balaban J connectivity index is 1.15. The van der Waals surface area contributed by atoms with E-state index >= 15 is 0 Å². The van der Waals surface area contributed by atoms with Crippen LogP contribution < -0.4 is 14.9 Å². The van der Waals surface area contributed by atoms with E-state index in [2.05, 4.69) is 31.8 Å². The van der Waals surface area contributed by atoms with Gasteiger partial charge in [-0.15, -0.1) is 0 Å². The lowest BCUT2D eigenvalue weighted by molar-refractivity contribution is 0.0574. The molecule has 0 atom stereocenters. The Morgan fingerprint density at radius 3 is 2.10 bits per heavy atom. The minimum Gasteiger partial charge on any atom is -0.495 e. The Morgan fingerprint density at radius 1 is 0.872 bits per heavy atom. The molecule has 3 amide bonds. The number of morpholine rings is 1. The van der Waals surface area contributed by atoms with Crippen LogP contribution in [0.25, 0.3) is 0 Å². The van der Waals surface area contributed by atoms with Gasteiger partial charge in [0.05, 0.1) is 37.2 Å². The van der Waals surface area contributed by atoms with Crippen LogP contribution in [0, 0.1) is 0 Å². The van der Waals surface area contributed by atoms with Crippen LogP contribution in [0.5, 0.6) is 0 Å². The number of allylic oxidation sites excluding steroid dienone is 1. The lowest BCUT2D eigenvalue weighted by atomic mass is 10.1. The maximum atomic E-state index is 12.7. The van der Waals surface area contributed by atoms with E-state index in [1.54, 1.807) is 43.3 Å². The first-order valence-corrected chi connectivity index (χ1v) is 13.8. The molecule has 10 nitrogen and oxygen atoms in total. The van der Waals surface area contributed by atoms with Crippen LogP contribution in [0.2, 0.25) is 0 Å². The Labute approximate surface area is 233 Å². The summed E-state index contributed by atoms with van der Waals surface area (Å²) in [6.07, 6.45) is 3.99. The number of carbonyl (C=O) groups is 2. The van der Waals surface area contributed by atoms with Crippen molar-refractivity contribution in [3.05, 3.63) is 77.2 Å². The molecule has 2 N–H and O–H groups in total. The second-order valence-electron chi connectivity index (χ2n) is 9.53. The van der Waals surface area contributed by atoms with Gasteiger partial charge in [-0.3, -0.25) is 9.10 Å². The molecule has 39 heavy (non-hydrogen) atoms. The first-order chi connectivity index (χ1) is 19.0. The zero-order valence-electron chi connectivity index (χ0n) is 22.3. The summed E-state index contributed by atoms with van der Waals surface area (Å²) in [4.78, 5) is 31.7. The fraction of sp³-hybridized carbons (Fsp3) is 0.357. The number of ether oxygens (including phenoxy) is 2. The molecule has 0 bridgehead atoms. The predicted octanol–water partition coefficient (Wildman–Crippen LogP) is 3.85. The van der Waals surface area contributed by atoms with Crippen molar-refractivity contribution < 1.29 is 19.1 Å². The number of rotatable bonds is 6. The molecule has 0 radical (unpaired) electrons. The third-order valence-electron chi connectivity index (χ3n) is 6.82. The molecular weight excluding hydrogens is 516 g/mol. The van der Waals surface area contributed by atoms with Crippen molar-refractivity contribution in [3.63, 3.8) is 0 Å². The van der Waals surface area contributed by atoms with Crippen LogP contribution in [-0.2, 0) is 9.47 Å². The second-order valence-corrected chi connectivity index (χ2v) is 10.5. The molecule has 0 aromatic heterocycles. The van der Waals surface area contributed by atoms with Crippen molar-refractivity contribution in [1.82, 2.24) is 14.7 Å². The van der Waals surface area contributed by atoms with Crippen LogP contribution in [0.1, 0.15) is 10.4 Å². The van der Waals surface area contributed by atoms with E-state index in [1.165, 1.54) is 0 Å².